The second-order valence-electron chi connectivity index (χ2n) is 4.95. The first-order valence-corrected chi connectivity index (χ1v) is 8.75. The van der Waals surface area contributed by atoms with E-state index in [0.29, 0.717) is 15.6 Å². The average Bonchev–Trinajstić information content (AvgIpc) is 2.55. The van der Waals surface area contributed by atoms with Crippen LogP contribution < -0.4 is 16.1 Å². The molecule has 2 aromatic carbocycles. The molecule has 10 heteroatoms. The zero-order valence-corrected chi connectivity index (χ0v) is 14.7. The largest absolute Gasteiger partial charge is 0.370 e. The number of halogens is 1. The van der Waals surface area contributed by atoms with Crippen molar-refractivity contribution in [2.24, 2.45) is 5.73 Å². The molecule has 0 saturated heterocycles. The molecule has 2 rings (SSSR count). The van der Waals surface area contributed by atoms with Crippen molar-refractivity contribution in [2.45, 2.75) is 11.8 Å². The van der Waals surface area contributed by atoms with Crippen LogP contribution in [0.2, 0.25) is 5.02 Å². The first-order chi connectivity index (χ1) is 11.7. The second kappa shape index (κ2) is 7.51. The fourth-order valence-electron chi connectivity index (χ4n) is 1.91. The van der Waals surface area contributed by atoms with Crippen LogP contribution in [0.25, 0.3) is 0 Å². The molecule has 0 aromatic heterocycles. The van der Waals surface area contributed by atoms with Crippen LogP contribution in [0.1, 0.15) is 5.56 Å². The highest BCUT2D eigenvalue weighted by molar-refractivity contribution is 7.86. The highest BCUT2D eigenvalue weighted by atomic mass is 35.5. The van der Waals surface area contributed by atoms with Crippen LogP contribution in [0.3, 0.4) is 0 Å². The first-order valence-electron chi connectivity index (χ1n) is 6.96. The number of hydrogen-bond acceptors (Lipinski definition) is 5. The minimum Gasteiger partial charge on any atom is -0.370 e. The van der Waals surface area contributed by atoms with E-state index >= 15 is 0 Å². The molecular weight excluding hydrogens is 366 g/mol. The molecule has 0 bridgehead atoms. The predicted molar refractivity (Wildman–Crippen MR) is 96.2 cm³/mol. The lowest BCUT2D eigenvalue weighted by molar-refractivity contribution is 0.329. The summed E-state index contributed by atoms with van der Waals surface area (Å²) in [6, 6.07) is 12.2. The monoisotopic (exact) mass is 381 g/mol. The molecule has 0 atom stereocenters. The number of benzene rings is 2. The molecular formula is C15H16ClN5O3S. The summed E-state index contributed by atoms with van der Waals surface area (Å²) in [7, 11) is -4.23. The van der Waals surface area contributed by atoms with Gasteiger partial charge in [0.2, 0.25) is 5.96 Å². The van der Waals surface area contributed by atoms with Crippen LogP contribution in [-0.2, 0) is 14.4 Å². The van der Waals surface area contributed by atoms with Gasteiger partial charge in [-0.05, 0) is 36.8 Å². The number of aryl methyl sites for hydroxylation is 1. The van der Waals surface area contributed by atoms with E-state index in [1.54, 1.807) is 37.3 Å². The van der Waals surface area contributed by atoms with Crippen molar-refractivity contribution >= 4 is 39.3 Å². The smallest absolute Gasteiger partial charge is 0.318 e. The van der Waals surface area contributed by atoms with Gasteiger partial charge in [-0.25, -0.2) is 0 Å². The number of hydrogen-bond donors (Lipinski definition) is 4. The molecule has 0 fully saturated rings. The minimum atomic E-state index is -4.23. The van der Waals surface area contributed by atoms with E-state index in [4.69, 9.17) is 32.4 Å². The fourth-order valence-corrected chi connectivity index (χ4v) is 3.00. The van der Waals surface area contributed by atoms with Gasteiger partial charge >= 0.3 is 10.1 Å². The Labute approximate surface area is 150 Å². The van der Waals surface area contributed by atoms with Gasteiger partial charge in [0.1, 0.15) is 0 Å². The standard InChI is InChI=1S/C15H16ClN5O3S/c1-10-7-8-11(16)9-13(10)21(15(19)20-14(17)18)24-25(22,23)12-5-3-2-4-6-12/h2-9H,1H3,(H5,17,18,19,20). The molecule has 2 aromatic rings. The molecule has 5 N–H and O–H groups in total. The first kappa shape index (κ1) is 18.7. The minimum absolute atomic E-state index is 0.0877. The number of nitrogens with zero attached hydrogens (tertiary/aromatic N) is 1. The van der Waals surface area contributed by atoms with Crippen molar-refractivity contribution in [1.29, 1.82) is 10.8 Å². The van der Waals surface area contributed by atoms with Crippen molar-refractivity contribution in [3.05, 3.63) is 59.1 Å². The van der Waals surface area contributed by atoms with Crippen molar-refractivity contribution in [1.82, 2.24) is 5.32 Å². The van der Waals surface area contributed by atoms with E-state index in [1.807, 2.05) is 0 Å². The number of nitrogens with two attached hydrogens (primary N) is 1. The molecule has 8 nitrogen and oxygen atoms in total. The normalized spacial score (nSPS) is 11.0. The van der Waals surface area contributed by atoms with Gasteiger partial charge < -0.3 is 5.73 Å². The Hall–Kier alpha value is -2.62. The lowest BCUT2D eigenvalue weighted by Gasteiger charge is -2.25. The molecule has 25 heavy (non-hydrogen) atoms. The van der Waals surface area contributed by atoms with Crippen LogP contribution >= 0.6 is 11.6 Å². The zero-order valence-electron chi connectivity index (χ0n) is 13.2. The van der Waals surface area contributed by atoms with Crippen LogP contribution in [0, 0.1) is 17.7 Å². The molecule has 0 saturated carbocycles. The van der Waals surface area contributed by atoms with Crippen molar-refractivity contribution in [2.75, 3.05) is 5.06 Å². The van der Waals surface area contributed by atoms with Gasteiger partial charge in [0.15, 0.2) is 5.96 Å². The van der Waals surface area contributed by atoms with E-state index in [1.165, 1.54) is 18.2 Å². The topological polar surface area (TPSA) is 132 Å². The Bertz CT molecular complexity index is 903. The third kappa shape index (κ3) is 4.69. The Morgan fingerprint density at radius 3 is 2.44 bits per heavy atom. The number of guanidine groups is 2. The highest BCUT2D eigenvalue weighted by Crippen LogP contribution is 2.26. The van der Waals surface area contributed by atoms with E-state index in [0.717, 1.165) is 0 Å². The Morgan fingerprint density at radius 1 is 1.20 bits per heavy atom. The maximum Gasteiger partial charge on any atom is 0.318 e. The van der Waals surface area contributed by atoms with Crippen molar-refractivity contribution in [3.8, 4) is 0 Å². The summed E-state index contributed by atoms with van der Waals surface area (Å²) in [5.41, 5.74) is 6.04. The van der Waals surface area contributed by atoms with Gasteiger partial charge in [-0.1, -0.05) is 35.9 Å². The maximum atomic E-state index is 12.5. The van der Waals surface area contributed by atoms with Crippen molar-refractivity contribution in [3.63, 3.8) is 0 Å². The Kier molecular flexibility index (Phi) is 5.62. The van der Waals surface area contributed by atoms with Gasteiger partial charge in [-0.15, -0.1) is 4.28 Å². The number of rotatable bonds is 4. The molecule has 132 valence electrons. The third-order valence-corrected chi connectivity index (χ3v) is 4.48. The summed E-state index contributed by atoms with van der Waals surface area (Å²) in [5, 5.41) is 18.5. The third-order valence-electron chi connectivity index (χ3n) is 3.05. The molecule has 0 heterocycles. The van der Waals surface area contributed by atoms with Gasteiger partial charge in [-0.2, -0.15) is 13.5 Å². The van der Waals surface area contributed by atoms with E-state index in [-0.39, 0.29) is 10.6 Å². The van der Waals surface area contributed by atoms with Gasteiger partial charge in [0.25, 0.3) is 0 Å². The lowest BCUT2D eigenvalue weighted by Crippen LogP contribution is -2.47. The molecule has 0 spiro atoms. The quantitative estimate of drug-likeness (QED) is 0.364. The summed E-state index contributed by atoms with van der Waals surface area (Å²) in [6.45, 7) is 1.69. The van der Waals surface area contributed by atoms with Crippen molar-refractivity contribution < 1.29 is 12.7 Å². The van der Waals surface area contributed by atoms with Crippen LogP contribution in [0.15, 0.2) is 53.4 Å². The van der Waals surface area contributed by atoms with E-state index in [2.05, 4.69) is 5.32 Å². The van der Waals surface area contributed by atoms with Gasteiger partial charge in [0, 0.05) is 5.02 Å². The number of nitrogens with one attached hydrogen (secondary N) is 3. The maximum absolute atomic E-state index is 12.5. The van der Waals surface area contributed by atoms with Crippen LogP contribution in [0.4, 0.5) is 5.69 Å². The highest BCUT2D eigenvalue weighted by Gasteiger charge is 2.25. The average molecular weight is 382 g/mol. The lowest BCUT2D eigenvalue weighted by atomic mass is 10.2. The van der Waals surface area contributed by atoms with Crippen LogP contribution in [0.5, 0.6) is 0 Å². The molecule has 0 amide bonds. The fraction of sp³-hybridized carbons (Fsp3) is 0.0667. The molecule has 0 aliphatic heterocycles. The van der Waals surface area contributed by atoms with E-state index in [9.17, 15) is 8.42 Å². The molecule has 0 aliphatic rings. The summed E-state index contributed by atoms with van der Waals surface area (Å²) >= 11 is 5.97. The van der Waals surface area contributed by atoms with Crippen LogP contribution in [-0.4, -0.2) is 20.3 Å². The second-order valence-corrected chi connectivity index (χ2v) is 6.92. The predicted octanol–water partition coefficient (Wildman–Crippen LogP) is 2.19. The summed E-state index contributed by atoms with van der Waals surface area (Å²) in [5.74, 6) is -1.10. The summed E-state index contributed by atoms with van der Waals surface area (Å²) in [6.07, 6.45) is 0. The van der Waals surface area contributed by atoms with E-state index < -0.39 is 22.0 Å². The SMILES string of the molecule is Cc1ccc(Cl)cc1N(OS(=O)(=O)c1ccccc1)C(=N)NC(=N)N. The van der Waals surface area contributed by atoms with Gasteiger partial charge in [0.05, 0.1) is 10.6 Å². The summed E-state index contributed by atoms with van der Waals surface area (Å²) in [4.78, 5) is -0.0877. The summed E-state index contributed by atoms with van der Waals surface area (Å²) < 4.78 is 30.1. The number of hydroxylamine groups is 1. The Morgan fingerprint density at radius 2 is 1.84 bits per heavy atom. The molecule has 0 radical (unpaired) electrons. The molecule has 0 aliphatic carbocycles. The number of anilines is 1. The Balaban J connectivity index is 2.47. The molecule has 0 unspecified atom stereocenters. The zero-order chi connectivity index (χ0) is 18.6. The van der Waals surface area contributed by atoms with Gasteiger partial charge in [-0.3, -0.25) is 16.1 Å².